The normalized spacial score (nSPS) is 10.7. The Balaban J connectivity index is 1.63. The number of nitro groups is 1. The molecule has 2 heterocycles. The van der Waals surface area contributed by atoms with E-state index >= 15 is 0 Å². The summed E-state index contributed by atoms with van der Waals surface area (Å²) in [5.74, 6) is 1.50. The SMILES string of the molecule is COc1ccc(-n2c(SCC(=O)c3cccc([N+](=O)[O-])c3)nnc2-c2ccco2)cc1. The van der Waals surface area contributed by atoms with Crippen molar-refractivity contribution in [3.05, 3.63) is 82.6 Å². The van der Waals surface area contributed by atoms with Crippen molar-refractivity contribution in [2.24, 2.45) is 0 Å². The van der Waals surface area contributed by atoms with Gasteiger partial charge in [0.2, 0.25) is 5.82 Å². The molecule has 2 aromatic carbocycles. The molecule has 156 valence electrons. The number of hydrogen-bond donors (Lipinski definition) is 0. The number of benzene rings is 2. The Morgan fingerprint density at radius 1 is 1.16 bits per heavy atom. The van der Waals surface area contributed by atoms with Crippen molar-refractivity contribution in [1.82, 2.24) is 14.8 Å². The molecule has 0 atom stereocenters. The third kappa shape index (κ3) is 4.33. The van der Waals surface area contributed by atoms with Gasteiger partial charge in [-0.1, -0.05) is 23.9 Å². The van der Waals surface area contributed by atoms with Gasteiger partial charge in [0.15, 0.2) is 16.7 Å². The van der Waals surface area contributed by atoms with E-state index < -0.39 is 4.92 Å². The van der Waals surface area contributed by atoms with E-state index in [9.17, 15) is 14.9 Å². The number of carbonyl (C=O) groups is 1. The van der Waals surface area contributed by atoms with Crippen molar-refractivity contribution in [3.63, 3.8) is 0 Å². The smallest absolute Gasteiger partial charge is 0.270 e. The van der Waals surface area contributed by atoms with Crippen LogP contribution in [0.4, 0.5) is 5.69 Å². The number of ether oxygens (including phenoxy) is 1. The van der Waals surface area contributed by atoms with Gasteiger partial charge < -0.3 is 9.15 Å². The van der Waals surface area contributed by atoms with Crippen molar-refractivity contribution in [3.8, 4) is 23.0 Å². The lowest BCUT2D eigenvalue weighted by Gasteiger charge is -2.10. The molecular formula is C21H16N4O5S. The van der Waals surface area contributed by atoms with Crippen LogP contribution in [0.2, 0.25) is 0 Å². The monoisotopic (exact) mass is 436 g/mol. The van der Waals surface area contributed by atoms with Crippen LogP contribution in [0.1, 0.15) is 10.4 Å². The predicted molar refractivity (Wildman–Crippen MR) is 114 cm³/mol. The lowest BCUT2D eigenvalue weighted by atomic mass is 10.1. The van der Waals surface area contributed by atoms with E-state index in [1.165, 1.54) is 30.0 Å². The Kier molecular flexibility index (Phi) is 5.80. The average Bonchev–Trinajstić information content (AvgIpc) is 3.47. The zero-order valence-corrected chi connectivity index (χ0v) is 17.1. The minimum absolute atomic E-state index is 0.0353. The summed E-state index contributed by atoms with van der Waals surface area (Å²) < 4.78 is 12.5. The first-order valence-corrected chi connectivity index (χ1v) is 10.1. The molecule has 0 radical (unpaired) electrons. The van der Waals surface area contributed by atoms with E-state index in [-0.39, 0.29) is 22.8 Å². The summed E-state index contributed by atoms with van der Waals surface area (Å²) in [5.41, 5.74) is 0.906. The molecule has 0 aliphatic heterocycles. The maximum atomic E-state index is 12.6. The number of furan rings is 1. The van der Waals surface area contributed by atoms with Crippen molar-refractivity contribution < 1.29 is 18.9 Å². The molecule has 0 fully saturated rings. The molecule has 0 amide bonds. The Morgan fingerprint density at radius 2 is 1.97 bits per heavy atom. The zero-order chi connectivity index (χ0) is 21.8. The van der Waals surface area contributed by atoms with Gasteiger partial charge in [0.25, 0.3) is 5.69 Å². The molecule has 0 saturated carbocycles. The number of aromatic nitrogens is 3. The van der Waals surface area contributed by atoms with E-state index in [2.05, 4.69) is 10.2 Å². The number of nitro benzene ring substituents is 1. The van der Waals surface area contributed by atoms with Crippen LogP contribution in [0.25, 0.3) is 17.3 Å². The van der Waals surface area contributed by atoms with Crippen LogP contribution in [0.15, 0.2) is 76.5 Å². The van der Waals surface area contributed by atoms with Gasteiger partial charge in [0, 0.05) is 17.7 Å². The fraction of sp³-hybridized carbons (Fsp3) is 0.0952. The number of nitrogens with zero attached hydrogens (tertiary/aromatic N) is 4. The first-order valence-electron chi connectivity index (χ1n) is 9.11. The average molecular weight is 436 g/mol. The summed E-state index contributed by atoms with van der Waals surface area (Å²) in [6, 6.07) is 16.5. The molecule has 2 aromatic heterocycles. The lowest BCUT2D eigenvalue weighted by Crippen LogP contribution is -2.05. The Labute approximate surface area is 180 Å². The largest absolute Gasteiger partial charge is 0.497 e. The molecule has 0 spiro atoms. The van der Waals surface area contributed by atoms with Gasteiger partial charge in [-0.3, -0.25) is 19.5 Å². The molecular weight excluding hydrogens is 420 g/mol. The maximum Gasteiger partial charge on any atom is 0.270 e. The van der Waals surface area contributed by atoms with Crippen LogP contribution in [-0.4, -0.2) is 38.3 Å². The molecule has 31 heavy (non-hydrogen) atoms. The van der Waals surface area contributed by atoms with Gasteiger partial charge in [-0.25, -0.2) is 0 Å². The molecule has 10 heteroatoms. The summed E-state index contributed by atoms with van der Waals surface area (Å²) in [6.07, 6.45) is 1.54. The molecule has 0 N–H and O–H groups in total. The second kappa shape index (κ2) is 8.84. The fourth-order valence-electron chi connectivity index (χ4n) is 2.90. The quantitative estimate of drug-likeness (QED) is 0.173. The highest BCUT2D eigenvalue weighted by atomic mass is 32.2. The van der Waals surface area contributed by atoms with E-state index in [1.807, 2.05) is 24.3 Å². The molecule has 0 aliphatic rings. The second-order valence-electron chi connectivity index (χ2n) is 6.34. The van der Waals surface area contributed by atoms with Gasteiger partial charge in [0.1, 0.15) is 5.75 Å². The molecule has 4 rings (SSSR count). The van der Waals surface area contributed by atoms with Crippen LogP contribution in [0.3, 0.4) is 0 Å². The number of thioether (sulfide) groups is 1. The third-order valence-corrected chi connectivity index (χ3v) is 5.35. The van der Waals surface area contributed by atoms with E-state index in [0.29, 0.717) is 22.5 Å². The number of carbonyl (C=O) groups excluding carboxylic acids is 1. The Hall–Kier alpha value is -3.92. The highest BCUT2D eigenvalue weighted by Crippen LogP contribution is 2.29. The third-order valence-electron chi connectivity index (χ3n) is 4.42. The van der Waals surface area contributed by atoms with Gasteiger partial charge in [-0.15, -0.1) is 10.2 Å². The van der Waals surface area contributed by atoms with Gasteiger partial charge in [-0.2, -0.15) is 0 Å². The number of Topliss-reactive ketones (excluding diaryl/α,β-unsaturated/α-hetero) is 1. The van der Waals surface area contributed by atoms with Crippen LogP contribution in [0.5, 0.6) is 5.75 Å². The predicted octanol–water partition coefficient (Wildman–Crippen LogP) is 4.42. The molecule has 0 saturated heterocycles. The van der Waals surface area contributed by atoms with Crippen LogP contribution < -0.4 is 4.74 Å². The standard InChI is InChI=1S/C21H16N4O5S/c1-29-17-9-7-15(8-10-17)24-20(19-6-3-11-30-19)22-23-21(24)31-13-18(26)14-4-2-5-16(12-14)25(27)28/h2-12H,13H2,1H3. The molecule has 4 aromatic rings. The Morgan fingerprint density at radius 3 is 2.65 bits per heavy atom. The first-order chi connectivity index (χ1) is 15.1. The number of methoxy groups -OCH3 is 1. The molecule has 0 unspecified atom stereocenters. The van der Waals surface area contributed by atoms with Crippen molar-refractivity contribution in [2.75, 3.05) is 12.9 Å². The van der Waals surface area contributed by atoms with E-state index in [0.717, 1.165) is 5.69 Å². The summed E-state index contributed by atoms with van der Waals surface area (Å²) in [4.78, 5) is 23.1. The number of rotatable bonds is 8. The highest BCUT2D eigenvalue weighted by molar-refractivity contribution is 7.99. The summed E-state index contributed by atoms with van der Waals surface area (Å²) in [5, 5.41) is 19.9. The summed E-state index contributed by atoms with van der Waals surface area (Å²) in [6.45, 7) is 0. The summed E-state index contributed by atoms with van der Waals surface area (Å²) >= 11 is 1.18. The molecule has 9 nitrogen and oxygen atoms in total. The highest BCUT2D eigenvalue weighted by Gasteiger charge is 2.20. The number of hydrogen-bond acceptors (Lipinski definition) is 8. The second-order valence-corrected chi connectivity index (χ2v) is 7.28. The maximum absolute atomic E-state index is 12.6. The van der Waals surface area contributed by atoms with Crippen LogP contribution in [0, 0.1) is 10.1 Å². The fourth-order valence-corrected chi connectivity index (χ4v) is 3.75. The lowest BCUT2D eigenvalue weighted by molar-refractivity contribution is -0.384. The topological polar surface area (TPSA) is 113 Å². The van der Waals surface area contributed by atoms with E-state index in [4.69, 9.17) is 9.15 Å². The summed E-state index contributed by atoms with van der Waals surface area (Å²) in [7, 11) is 1.59. The van der Waals surface area contributed by atoms with Crippen LogP contribution >= 0.6 is 11.8 Å². The first kappa shape index (κ1) is 20.4. The van der Waals surface area contributed by atoms with E-state index in [1.54, 1.807) is 36.1 Å². The van der Waals surface area contributed by atoms with Crippen molar-refractivity contribution >= 4 is 23.2 Å². The minimum atomic E-state index is -0.528. The number of ketones is 1. The Bertz CT molecular complexity index is 1220. The van der Waals surface area contributed by atoms with Gasteiger partial charge >= 0.3 is 0 Å². The molecule has 0 aliphatic carbocycles. The van der Waals surface area contributed by atoms with Crippen LogP contribution in [-0.2, 0) is 0 Å². The van der Waals surface area contributed by atoms with Gasteiger partial charge in [0.05, 0.1) is 29.7 Å². The van der Waals surface area contributed by atoms with Gasteiger partial charge in [-0.05, 0) is 36.4 Å². The number of non-ortho nitro benzene ring substituents is 1. The van der Waals surface area contributed by atoms with Crippen molar-refractivity contribution in [1.29, 1.82) is 0 Å². The van der Waals surface area contributed by atoms with Crippen molar-refractivity contribution in [2.45, 2.75) is 5.16 Å². The minimum Gasteiger partial charge on any atom is -0.497 e. The zero-order valence-electron chi connectivity index (χ0n) is 16.3. The molecule has 0 bridgehead atoms.